The minimum absolute atomic E-state index is 0.0642. The summed E-state index contributed by atoms with van der Waals surface area (Å²) < 4.78 is 0. The molecule has 0 bridgehead atoms. The first kappa shape index (κ1) is 14.6. The third kappa shape index (κ3) is 3.13. The van der Waals surface area contributed by atoms with E-state index in [4.69, 9.17) is 5.73 Å². The van der Waals surface area contributed by atoms with Crippen molar-refractivity contribution in [2.24, 2.45) is 17.1 Å². The van der Waals surface area contributed by atoms with Crippen molar-refractivity contribution < 1.29 is 0 Å². The molecule has 1 saturated carbocycles. The molecule has 0 spiro atoms. The number of benzene rings is 2. The van der Waals surface area contributed by atoms with Gasteiger partial charge in [0.1, 0.15) is 0 Å². The molecule has 0 radical (unpaired) electrons. The maximum Gasteiger partial charge on any atom is 0.0202 e. The van der Waals surface area contributed by atoms with Gasteiger partial charge in [-0.1, -0.05) is 63.2 Å². The second kappa shape index (κ2) is 5.14. The molecule has 1 aliphatic carbocycles. The van der Waals surface area contributed by atoms with Crippen LogP contribution in [0.5, 0.6) is 0 Å². The first-order valence-electron chi connectivity index (χ1n) is 8.13. The van der Waals surface area contributed by atoms with E-state index in [2.05, 4.69) is 63.2 Å². The Balaban J connectivity index is 1.94. The van der Waals surface area contributed by atoms with E-state index in [0.29, 0.717) is 11.3 Å². The third-order valence-electron chi connectivity index (χ3n) is 4.91. The summed E-state index contributed by atoms with van der Waals surface area (Å²) in [5.41, 5.74) is 8.55. The molecule has 1 heteroatoms. The van der Waals surface area contributed by atoms with Crippen LogP contribution in [0.1, 0.15) is 45.6 Å². The minimum Gasteiger partial charge on any atom is -0.325 e. The van der Waals surface area contributed by atoms with E-state index in [1.807, 2.05) is 0 Å². The molecule has 0 aliphatic heterocycles. The lowest BCUT2D eigenvalue weighted by Crippen LogP contribution is -2.50. The molecule has 2 aromatic carbocycles. The highest BCUT2D eigenvalue weighted by Crippen LogP contribution is 2.44. The van der Waals surface area contributed by atoms with Gasteiger partial charge in [0.25, 0.3) is 0 Å². The Bertz CT molecular complexity index is 638. The van der Waals surface area contributed by atoms with Crippen LogP contribution in [0.15, 0.2) is 42.5 Å². The second-order valence-electron chi connectivity index (χ2n) is 8.03. The maximum absolute atomic E-state index is 6.85. The van der Waals surface area contributed by atoms with Crippen LogP contribution < -0.4 is 5.73 Å². The normalized spacial score (nSPS) is 28.7. The van der Waals surface area contributed by atoms with Gasteiger partial charge in [-0.3, -0.25) is 0 Å². The van der Waals surface area contributed by atoms with Crippen molar-refractivity contribution in [3.05, 3.63) is 48.0 Å². The quantitative estimate of drug-likeness (QED) is 0.830. The van der Waals surface area contributed by atoms with E-state index < -0.39 is 0 Å². The van der Waals surface area contributed by atoms with Gasteiger partial charge < -0.3 is 5.73 Å². The first-order valence-corrected chi connectivity index (χ1v) is 8.13. The molecule has 21 heavy (non-hydrogen) atoms. The fourth-order valence-corrected chi connectivity index (χ4v) is 4.77. The molecular formula is C20H27N. The summed E-state index contributed by atoms with van der Waals surface area (Å²) in [5.74, 6) is 0.716. The summed E-state index contributed by atoms with van der Waals surface area (Å²) in [6, 6.07) is 15.3. The van der Waals surface area contributed by atoms with Gasteiger partial charge in [-0.15, -0.1) is 0 Å². The summed E-state index contributed by atoms with van der Waals surface area (Å²) in [7, 11) is 0. The Morgan fingerprint density at radius 2 is 1.76 bits per heavy atom. The van der Waals surface area contributed by atoms with Crippen LogP contribution in [0, 0.1) is 11.3 Å². The Morgan fingerprint density at radius 3 is 2.52 bits per heavy atom. The zero-order valence-corrected chi connectivity index (χ0v) is 13.5. The maximum atomic E-state index is 6.85. The van der Waals surface area contributed by atoms with Crippen LogP contribution in [0.2, 0.25) is 0 Å². The van der Waals surface area contributed by atoms with Crippen LogP contribution in [0.4, 0.5) is 0 Å². The number of fused-ring (bicyclic) bond motifs is 1. The average Bonchev–Trinajstić information content (AvgIpc) is 2.35. The summed E-state index contributed by atoms with van der Waals surface area (Å²) in [6.45, 7) is 7.09. The highest BCUT2D eigenvalue weighted by atomic mass is 14.8. The molecule has 112 valence electrons. The smallest absolute Gasteiger partial charge is 0.0202 e. The largest absolute Gasteiger partial charge is 0.325 e. The molecule has 3 rings (SSSR count). The van der Waals surface area contributed by atoms with Gasteiger partial charge in [-0.25, -0.2) is 0 Å². The molecule has 0 heterocycles. The predicted molar refractivity (Wildman–Crippen MR) is 91.4 cm³/mol. The fourth-order valence-electron chi connectivity index (χ4n) is 4.77. The number of hydrogen-bond donors (Lipinski definition) is 1. The highest BCUT2D eigenvalue weighted by Gasteiger charge is 2.40. The molecule has 0 aromatic heterocycles. The zero-order valence-electron chi connectivity index (χ0n) is 13.5. The lowest BCUT2D eigenvalue weighted by molar-refractivity contribution is 0.108. The topological polar surface area (TPSA) is 26.0 Å². The number of nitrogens with two attached hydrogens (primary N) is 1. The van der Waals surface area contributed by atoms with E-state index >= 15 is 0 Å². The van der Waals surface area contributed by atoms with Gasteiger partial charge in [0.05, 0.1) is 0 Å². The van der Waals surface area contributed by atoms with Crippen LogP contribution in [0.25, 0.3) is 10.8 Å². The van der Waals surface area contributed by atoms with Crippen LogP contribution in [-0.4, -0.2) is 5.54 Å². The molecular weight excluding hydrogens is 254 g/mol. The molecule has 2 N–H and O–H groups in total. The number of hydrogen-bond acceptors (Lipinski definition) is 1. The van der Waals surface area contributed by atoms with Gasteiger partial charge in [0.2, 0.25) is 0 Å². The van der Waals surface area contributed by atoms with Gasteiger partial charge in [0, 0.05) is 5.54 Å². The summed E-state index contributed by atoms with van der Waals surface area (Å²) in [5, 5.41) is 2.68. The lowest BCUT2D eigenvalue weighted by Gasteiger charge is -2.46. The SMILES string of the molecule is CC1CC(C)(C)CC(N)(Cc2cccc3ccccc23)C1. The van der Waals surface area contributed by atoms with Crippen molar-refractivity contribution in [2.75, 3.05) is 0 Å². The van der Waals surface area contributed by atoms with E-state index in [1.165, 1.54) is 22.8 Å². The fraction of sp³-hybridized carbons (Fsp3) is 0.500. The Kier molecular flexibility index (Phi) is 3.57. The molecule has 0 saturated heterocycles. The van der Waals surface area contributed by atoms with Crippen molar-refractivity contribution in [1.29, 1.82) is 0 Å². The minimum atomic E-state index is -0.0642. The lowest BCUT2D eigenvalue weighted by atomic mass is 9.63. The molecule has 2 atom stereocenters. The van der Waals surface area contributed by atoms with E-state index in [0.717, 1.165) is 19.3 Å². The van der Waals surface area contributed by atoms with Gasteiger partial charge in [-0.2, -0.15) is 0 Å². The van der Waals surface area contributed by atoms with Gasteiger partial charge in [-0.05, 0) is 53.4 Å². The molecule has 1 nitrogen and oxygen atoms in total. The van der Waals surface area contributed by atoms with Crippen LogP contribution >= 0.6 is 0 Å². The average molecular weight is 281 g/mol. The molecule has 0 amide bonds. The molecule has 1 fully saturated rings. The standard InChI is InChI=1S/C20H27N/c1-15-11-19(2,3)14-20(21,12-15)13-17-9-6-8-16-7-4-5-10-18(16)17/h4-10,15H,11-14,21H2,1-3H3. The van der Waals surface area contributed by atoms with Crippen LogP contribution in [0.3, 0.4) is 0 Å². The first-order chi connectivity index (χ1) is 9.87. The Morgan fingerprint density at radius 1 is 1.05 bits per heavy atom. The van der Waals surface area contributed by atoms with Crippen molar-refractivity contribution in [3.8, 4) is 0 Å². The van der Waals surface area contributed by atoms with Gasteiger partial charge >= 0.3 is 0 Å². The number of rotatable bonds is 2. The highest BCUT2D eigenvalue weighted by molar-refractivity contribution is 5.85. The van der Waals surface area contributed by atoms with Crippen molar-refractivity contribution in [1.82, 2.24) is 0 Å². The monoisotopic (exact) mass is 281 g/mol. The van der Waals surface area contributed by atoms with E-state index in [1.54, 1.807) is 0 Å². The van der Waals surface area contributed by atoms with Crippen molar-refractivity contribution in [3.63, 3.8) is 0 Å². The third-order valence-corrected chi connectivity index (χ3v) is 4.91. The molecule has 1 aliphatic rings. The summed E-state index contributed by atoms with van der Waals surface area (Å²) in [4.78, 5) is 0. The Hall–Kier alpha value is -1.34. The molecule has 2 aromatic rings. The summed E-state index contributed by atoms with van der Waals surface area (Å²) >= 11 is 0. The predicted octanol–water partition coefficient (Wildman–Crippen LogP) is 4.93. The van der Waals surface area contributed by atoms with E-state index in [9.17, 15) is 0 Å². The van der Waals surface area contributed by atoms with Crippen molar-refractivity contribution >= 4 is 10.8 Å². The van der Waals surface area contributed by atoms with Crippen molar-refractivity contribution in [2.45, 2.75) is 52.0 Å². The molecule has 2 unspecified atom stereocenters. The second-order valence-corrected chi connectivity index (χ2v) is 8.03. The Labute approximate surface area is 128 Å². The van der Waals surface area contributed by atoms with E-state index in [-0.39, 0.29) is 5.54 Å². The summed E-state index contributed by atoms with van der Waals surface area (Å²) in [6.07, 6.45) is 4.54. The zero-order chi connectivity index (χ0) is 15.1. The van der Waals surface area contributed by atoms with Gasteiger partial charge in [0.15, 0.2) is 0 Å². The van der Waals surface area contributed by atoms with Crippen LogP contribution in [-0.2, 0) is 6.42 Å².